The monoisotopic (exact) mass is 196 g/mol. The third-order valence-corrected chi connectivity index (χ3v) is 4.04. The molecule has 0 spiro atoms. The van der Waals surface area contributed by atoms with Crippen molar-refractivity contribution >= 4 is 17.2 Å². The summed E-state index contributed by atoms with van der Waals surface area (Å²) in [6.07, 6.45) is 3.95. The van der Waals surface area contributed by atoms with Gasteiger partial charge in [-0.25, -0.2) is 4.98 Å². The molecule has 1 saturated carbocycles. The van der Waals surface area contributed by atoms with E-state index in [2.05, 4.69) is 18.8 Å². The first-order valence-corrected chi connectivity index (χ1v) is 5.71. The Labute approximate surface area is 83.2 Å². The number of nitrogens with zero attached hydrogens (tertiary/aromatic N) is 1. The molecule has 1 aromatic rings. The van der Waals surface area contributed by atoms with E-state index in [-0.39, 0.29) is 0 Å². The van der Waals surface area contributed by atoms with Crippen molar-refractivity contribution in [1.29, 1.82) is 0 Å². The summed E-state index contributed by atoms with van der Waals surface area (Å²) in [5.74, 6) is 2.30. The van der Waals surface area contributed by atoms with Crippen LogP contribution >= 0.6 is 11.3 Å². The first-order chi connectivity index (χ1) is 6.16. The number of nitrogen functional groups attached to an aromatic ring is 1. The molecule has 13 heavy (non-hydrogen) atoms. The van der Waals surface area contributed by atoms with Gasteiger partial charge < -0.3 is 5.73 Å². The number of rotatable bonds is 1. The maximum atomic E-state index is 5.74. The van der Waals surface area contributed by atoms with Crippen molar-refractivity contribution in [3.63, 3.8) is 0 Å². The summed E-state index contributed by atoms with van der Waals surface area (Å²) >= 11 is 1.78. The van der Waals surface area contributed by atoms with Gasteiger partial charge in [-0.15, -0.1) is 11.3 Å². The molecule has 3 heteroatoms. The van der Waals surface area contributed by atoms with Crippen LogP contribution in [0.1, 0.15) is 42.0 Å². The highest BCUT2D eigenvalue weighted by Gasteiger charge is 2.25. The molecule has 2 N–H and O–H groups in total. The Morgan fingerprint density at radius 2 is 2.23 bits per heavy atom. The van der Waals surface area contributed by atoms with Gasteiger partial charge in [-0.2, -0.15) is 0 Å². The Kier molecular flexibility index (Phi) is 2.28. The number of aryl methyl sites for hydroxylation is 1. The van der Waals surface area contributed by atoms with Crippen molar-refractivity contribution in [1.82, 2.24) is 4.98 Å². The van der Waals surface area contributed by atoms with E-state index in [4.69, 9.17) is 5.73 Å². The lowest BCUT2D eigenvalue weighted by Gasteiger charge is -2.03. The fourth-order valence-corrected chi connectivity index (χ4v) is 3.02. The maximum Gasteiger partial charge on any atom is 0.137 e. The van der Waals surface area contributed by atoms with E-state index in [1.165, 1.54) is 29.1 Å². The SMILES string of the molecule is Cc1sc(C2CCC(C)C2)nc1N. The molecule has 0 aromatic carbocycles. The van der Waals surface area contributed by atoms with E-state index < -0.39 is 0 Å². The average Bonchev–Trinajstić information content (AvgIpc) is 2.61. The summed E-state index contributed by atoms with van der Waals surface area (Å²) in [4.78, 5) is 5.60. The van der Waals surface area contributed by atoms with Gasteiger partial charge in [-0.1, -0.05) is 13.3 Å². The van der Waals surface area contributed by atoms with Gasteiger partial charge in [0.05, 0.1) is 5.01 Å². The minimum Gasteiger partial charge on any atom is -0.383 e. The first kappa shape index (κ1) is 9.00. The number of nitrogens with two attached hydrogens (primary N) is 1. The van der Waals surface area contributed by atoms with Crippen LogP contribution in [0, 0.1) is 12.8 Å². The van der Waals surface area contributed by atoms with E-state index in [1.54, 1.807) is 11.3 Å². The van der Waals surface area contributed by atoms with Crippen LogP contribution in [-0.2, 0) is 0 Å². The predicted molar refractivity (Wildman–Crippen MR) is 57.0 cm³/mol. The summed E-state index contributed by atoms with van der Waals surface area (Å²) in [7, 11) is 0. The van der Waals surface area contributed by atoms with Crippen molar-refractivity contribution in [2.75, 3.05) is 5.73 Å². The van der Waals surface area contributed by atoms with Gasteiger partial charge in [0.25, 0.3) is 0 Å². The second-order valence-corrected chi connectivity index (χ2v) is 5.34. The van der Waals surface area contributed by atoms with Crippen LogP contribution in [-0.4, -0.2) is 4.98 Å². The summed E-state index contributed by atoms with van der Waals surface area (Å²) in [6, 6.07) is 0. The molecule has 0 bridgehead atoms. The molecular formula is C10H16N2S. The maximum absolute atomic E-state index is 5.74. The van der Waals surface area contributed by atoms with Gasteiger partial charge in [0.2, 0.25) is 0 Å². The van der Waals surface area contributed by atoms with E-state index in [9.17, 15) is 0 Å². The number of hydrogen-bond donors (Lipinski definition) is 1. The molecule has 1 fully saturated rings. The van der Waals surface area contributed by atoms with Gasteiger partial charge in [-0.05, 0) is 25.7 Å². The topological polar surface area (TPSA) is 38.9 Å². The molecule has 0 aliphatic heterocycles. The molecule has 2 nitrogen and oxygen atoms in total. The summed E-state index contributed by atoms with van der Waals surface area (Å²) in [6.45, 7) is 4.37. The first-order valence-electron chi connectivity index (χ1n) is 4.89. The minimum atomic E-state index is 0.691. The molecular weight excluding hydrogens is 180 g/mol. The van der Waals surface area contributed by atoms with E-state index in [1.807, 2.05) is 0 Å². The highest BCUT2D eigenvalue weighted by molar-refractivity contribution is 7.12. The van der Waals surface area contributed by atoms with Crippen molar-refractivity contribution in [2.45, 2.75) is 39.0 Å². The van der Waals surface area contributed by atoms with Crippen LogP contribution < -0.4 is 5.73 Å². The van der Waals surface area contributed by atoms with Crippen molar-refractivity contribution < 1.29 is 0 Å². The van der Waals surface area contributed by atoms with Crippen LogP contribution in [0.4, 0.5) is 5.82 Å². The van der Waals surface area contributed by atoms with Gasteiger partial charge in [0.15, 0.2) is 0 Å². The molecule has 2 atom stereocenters. The largest absolute Gasteiger partial charge is 0.383 e. The van der Waals surface area contributed by atoms with Crippen molar-refractivity contribution in [3.05, 3.63) is 9.88 Å². The molecule has 1 heterocycles. The van der Waals surface area contributed by atoms with E-state index >= 15 is 0 Å². The zero-order valence-electron chi connectivity index (χ0n) is 8.21. The molecule has 0 saturated heterocycles. The lowest BCUT2D eigenvalue weighted by atomic mass is 10.1. The molecule has 0 amide bonds. The van der Waals surface area contributed by atoms with Crippen LogP contribution in [0.5, 0.6) is 0 Å². The third kappa shape index (κ3) is 1.70. The molecule has 1 aliphatic rings. The number of thiazole rings is 1. The summed E-state index contributed by atoms with van der Waals surface area (Å²) in [5, 5.41) is 1.26. The lowest BCUT2D eigenvalue weighted by Crippen LogP contribution is -1.93. The summed E-state index contributed by atoms with van der Waals surface area (Å²) < 4.78 is 0. The average molecular weight is 196 g/mol. The second-order valence-electron chi connectivity index (χ2n) is 4.11. The van der Waals surface area contributed by atoms with Crippen molar-refractivity contribution in [2.24, 2.45) is 5.92 Å². The zero-order chi connectivity index (χ0) is 9.42. The highest BCUT2D eigenvalue weighted by atomic mass is 32.1. The zero-order valence-corrected chi connectivity index (χ0v) is 9.03. The second kappa shape index (κ2) is 3.29. The van der Waals surface area contributed by atoms with E-state index in [0.29, 0.717) is 5.92 Å². The quantitative estimate of drug-likeness (QED) is 0.750. The van der Waals surface area contributed by atoms with Crippen LogP contribution in [0.3, 0.4) is 0 Å². The Morgan fingerprint density at radius 1 is 1.46 bits per heavy atom. The fourth-order valence-electron chi connectivity index (χ4n) is 2.04. The standard InChI is InChI=1S/C10H16N2S/c1-6-3-4-8(5-6)10-12-9(11)7(2)13-10/h6,8H,3-5,11H2,1-2H3. The number of anilines is 1. The minimum absolute atomic E-state index is 0.691. The Bertz CT molecular complexity index is 286. The van der Waals surface area contributed by atoms with Gasteiger partial charge in [0.1, 0.15) is 5.82 Å². The molecule has 1 aliphatic carbocycles. The van der Waals surface area contributed by atoms with Crippen molar-refractivity contribution in [3.8, 4) is 0 Å². The summed E-state index contributed by atoms with van der Waals surface area (Å²) in [5.41, 5.74) is 5.74. The lowest BCUT2D eigenvalue weighted by molar-refractivity contribution is 0.596. The van der Waals surface area contributed by atoms with Gasteiger partial charge >= 0.3 is 0 Å². The molecule has 1 aromatic heterocycles. The Balaban J connectivity index is 2.17. The molecule has 2 unspecified atom stereocenters. The number of aromatic nitrogens is 1. The fraction of sp³-hybridized carbons (Fsp3) is 0.700. The van der Waals surface area contributed by atoms with Gasteiger partial charge in [-0.3, -0.25) is 0 Å². The third-order valence-electron chi connectivity index (χ3n) is 2.89. The smallest absolute Gasteiger partial charge is 0.137 e. The van der Waals surface area contributed by atoms with Crippen LogP contribution in [0.25, 0.3) is 0 Å². The van der Waals surface area contributed by atoms with Crippen LogP contribution in [0.2, 0.25) is 0 Å². The molecule has 2 rings (SSSR count). The normalized spacial score (nSPS) is 28.2. The molecule has 0 radical (unpaired) electrons. The van der Waals surface area contributed by atoms with Crippen LogP contribution in [0.15, 0.2) is 0 Å². The molecule has 72 valence electrons. The number of hydrogen-bond acceptors (Lipinski definition) is 3. The Morgan fingerprint density at radius 3 is 2.69 bits per heavy atom. The van der Waals surface area contributed by atoms with E-state index in [0.717, 1.165) is 11.7 Å². The Hall–Kier alpha value is -0.570. The van der Waals surface area contributed by atoms with Gasteiger partial charge in [0, 0.05) is 10.8 Å². The highest BCUT2D eigenvalue weighted by Crippen LogP contribution is 2.40. The predicted octanol–water partition coefficient (Wildman–Crippen LogP) is 2.94.